The van der Waals surface area contributed by atoms with E-state index in [0.29, 0.717) is 21.8 Å². The molecular formula is C19H22Cl2N2O5S. The summed E-state index contributed by atoms with van der Waals surface area (Å²) in [6.45, 7) is -0.307. The van der Waals surface area contributed by atoms with Crippen LogP contribution in [0, 0.1) is 0 Å². The predicted molar refractivity (Wildman–Crippen MR) is 114 cm³/mol. The van der Waals surface area contributed by atoms with E-state index in [-0.39, 0.29) is 43.8 Å². The number of hydrogen-bond donors (Lipinski definition) is 2. The van der Waals surface area contributed by atoms with E-state index in [1.54, 1.807) is 18.2 Å². The molecule has 0 aromatic heterocycles. The van der Waals surface area contributed by atoms with Crippen LogP contribution in [0.15, 0.2) is 42.5 Å². The second kappa shape index (κ2) is 10.3. The Balaban J connectivity index is 2.32. The van der Waals surface area contributed by atoms with Crippen molar-refractivity contribution in [3.05, 3.63) is 63.6 Å². The summed E-state index contributed by atoms with van der Waals surface area (Å²) in [5.74, 6) is -0.372. The molecule has 0 fully saturated rings. The molecule has 0 aliphatic heterocycles. The van der Waals surface area contributed by atoms with Gasteiger partial charge >= 0.3 is 0 Å². The Morgan fingerprint density at radius 2 is 1.59 bits per heavy atom. The molecule has 0 bridgehead atoms. The minimum absolute atomic E-state index is 0.0212. The summed E-state index contributed by atoms with van der Waals surface area (Å²) in [5.41, 5.74) is 1.21. The maximum Gasteiger partial charge on any atom is 0.254 e. The van der Waals surface area contributed by atoms with E-state index in [2.05, 4.69) is 0 Å². The lowest BCUT2D eigenvalue weighted by Gasteiger charge is -2.24. The first-order valence-corrected chi connectivity index (χ1v) is 11.3. The summed E-state index contributed by atoms with van der Waals surface area (Å²) >= 11 is 12.2. The second-order valence-electron chi connectivity index (χ2n) is 6.27. The third-order valence-corrected chi connectivity index (χ3v) is 6.17. The van der Waals surface area contributed by atoms with Crippen LogP contribution in [-0.4, -0.2) is 62.0 Å². The number of rotatable bonds is 9. The molecule has 2 N–H and O–H groups in total. The monoisotopic (exact) mass is 460 g/mol. The van der Waals surface area contributed by atoms with Crippen LogP contribution in [0.4, 0.5) is 5.69 Å². The Morgan fingerprint density at radius 3 is 2.10 bits per heavy atom. The van der Waals surface area contributed by atoms with E-state index in [1.165, 1.54) is 29.2 Å². The number of anilines is 1. The molecule has 0 saturated heterocycles. The molecular weight excluding hydrogens is 439 g/mol. The molecule has 0 saturated carbocycles. The normalized spacial score (nSPS) is 11.3. The molecule has 2 aromatic rings. The molecule has 1 amide bonds. The Hall–Kier alpha value is -1.84. The number of halogens is 2. The summed E-state index contributed by atoms with van der Waals surface area (Å²) in [7, 11) is -3.64. The molecule has 2 rings (SSSR count). The van der Waals surface area contributed by atoms with Gasteiger partial charge in [0.25, 0.3) is 5.91 Å². The number of aliphatic hydroxyl groups excluding tert-OH is 2. The third-order valence-electron chi connectivity index (χ3n) is 4.18. The quantitative estimate of drug-likeness (QED) is 0.598. The van der Waals surface area contributed by atoms with Gasteiger partial charge in [0.05, 0.1) is 41.7 Å². The van der Waals surface area contributed by atoms with Crippen molar-refractivity contribution >= 4 is 44.8 Å². The molecule has 158 valence electrons. The second-order valence-corrected chi connectivity index (χ2v) is 8.96. The van der Waals surface area contributed by atoms with Crippen LogP contribution in [0.1, 0.15) is 15.9 Å². The summed E-state index contributed by atoms with van der Waals surface area (Å²) in [5, 5.41) is 18.8. The van der Waals surface area contributed by atoms with E-state index >= 15 is 0 Å². The predicted octanol–water partition coefficient (Wildman–Crippen LogP) is 2.39. The highest BCUT2D eigenvalue weighted by Crippen LogP contribution is 2.29. The fourth-order valence-corrected chi connectivity index (χ4v) is 3.99. The zero-order valence-electron chi connectivity index (χ0n) is 15.8. The number of sulfonamides is 1. The maximum absolute atomic E-state index is 12.5. The van der Waals surface area contributed by atoms with Crippen molar-refractivity contribution in [3.8, 4) is 0 Å². The lowest BCUT2D eigenvalue weighted by molar-refractivity contribution is 0.0685. The fourth-order valence-electron chi connectivity index (χ4n) is 2.73. The molecule has 7 nitrogen and oxygen atoms in total. The average molecular weight is 461 g/mol. The first-order chi connectivity index (χ1) is 13.7. The van der Waals surface area contributed by atoms with Gasteiger partial charge in [-0.2, -0.15) is 0 Å². The van der Waals surface area contributed by atoms with Crippen LogP contribution in [0.3, 0.4) is 0 Å². The molecule has 0 aliphatic rings. The Kier molecular flexibility index (Phi) is 8.30. The first-order valence-electron chi connectivity index (χ1n) is 8.70. The van der Waals surface area contributed by atoms with Gasteiger partial charge in [-0.25, -0.2) is 8.42 Å². The number of benzene rings is 2. The average Bonchev–Trinajstić information content (AvgIpc) is 2.67. The van der Waals surface area contributed by atoms with Crippen LogP contribution in [-0.2, 0) is 16.6 Å². The van der Waals surface area contributed by atoms with Crippen LogP contribution in [0.5, 0.6) is 0 Å². The highest BCUT2D eigenvalue weighted by atomic mass is 35.5. The number of amides is 1. The van der Waals surface area contributed by atoms with Gasteiger partial charge in [0.2, 0.25) is 10.0 Å². The van der Waals surface area contributed by atoms with Crippen LogP contribution in [0.2, 0.25) is 10.0 Å². The highest BCUT2D eigenvalue weighted by molar-refractivity contribution is 7.92. The van der Waals surface area contributed by atoms with Gasteiger partial charge in [0.15, 0.2) is 0 Å². The van der Waals surface area contributed by atoms with Crippen molar-refractivity contribution in [3.63, 3.8) is 0 Å². The maximum atomic E-state index is 12.5. The van der Waals surface area contributed by atoms with E-state index < -0.39 is 10.0 Å². The van der Waals surface area contributed by atoms with E-state index in [0.717, 1.165) is 10.6 Å². The zero-order chi connectivity index (χ0) is 21.6. The Bertz CT molecular complexity index is 946. The minimum Gasteiger partial charge on any atom is -0.395 e. The van der Waals surface area contributed by atoms with Crippen LogP contribution in [0.25, 0.3) is 0 Å². The molecule has 0 aliphatic carbocycles. The van der Waals surface area contributed by atoms with Gasteiger partial charge in [-0.15, -0.1) is 0 Å². The molecule has 2 aromatic carbocycles. The van der Waals surface area contributed by atoms with E-state index in [9.17, 15) is 13.2 Å². The van der Waals surface area contributed by atoms with Crippen molar-refractivity contribution in [2.24, 2.45) is 0 Å². The summed E-state index contributed by atoms with van der Waals surface area (Å²) < 4.78 is 25.9. The van der Waals surface area contributed by atoms with Gasteiger partial charge in [-0.05, 0) is 35.9 Å². The smallest absolute Gasteiger partial charge is 0.254 e. The summed E-state index contributed by atoms with van der Waals surface area (Å²) in [4.78, 5) is 13.8. The first kappa shape index (κ1) is 23.4. The molecule has 0 unspecified atom stereocenters. The minimum atomic E-state index is -3.64. The molecule has 0 spiro atoms. The van der Waals surface area contributed by atoms with Gasteiger partial charge in [-0.1, -0.05) is 35.3 Å². The topological polar surface area (TPSA) is 98.2 Å². The van der Waals surface area contributed by atoms with Crippen LogP contribution < -0.4 is 4.31 Å². The number of nitrogens with zero attached hydrogens (tertiary/aromatic N) is 2. The Morgan fingerprint density at radius 1 is 1.00 bits per heavy atom. The van der Waals surface area contributed by atoms with Gasteiger partial charge in [-0.3, -0.25) is 9.10 Å². The molecule has 0 heterocycles. The number of hydrogen-bond acceptors (Lipinski definition) is 5. The lowest BCUT2D eigenvalue weighted by atomic mass is 10.1. The van der Waals surface area contributed by atoms with Crippen molar-refractivity contribution in [2.75, 3.05) is 36.9 Å². The van der Waals surface area contributed by atoms with Crippen LogP contribution >= 0.6 is 23.2 Å². The van der Waals surface area contributed by atoms with Crippen molar-refractivity contribution in [1.82, 2.24) is 4.90 Å². The van der Waals surface area contributed by atoms with Gasteiger partial charge in [0, 0.05) is 18.7 Å². The Labute approximate surface area is 180 Å². The molecule has 29 heavy (non-hydrogen) atoms. The number of carbonyl (C=O) groups excluding carboxylic acids is 1. The van der Waals surface area contributed by atoms with Crippen molar-refractivity contribution in [1.29, 1.82) is 0 Å². The van der Waals surface area contributed by atoms with E-state index in [1.807, 2.05) is 0 Å². The lowest BCUT2D eigenvalue weighted by Crippen LogP contribution is -2.36. The summed E-state index contributed by atoms with van der Waals surface area (Å²) in [6.07, 6.45) is 1.08. The van der Waals surface area contributed by atoms with Gasteiger partial charge in [0.1, 0.15) is 0 Å². The molecule has 0 atom stereocenters. The standard InChI is InChI=1S/C19H22Cl2N2O5S/c1-29(27,28)23(13-15-3-2-4-17(20)18(15)21)16-7-5-14(6-8-16)19(26)22(9-11-24)10-12-25/h2-8,24-25H,9-13H2,1H3. The van der Waals surface area contributed by atoms with Crippen molar-refractivity contribution in [2.45, 2.75) is 6.54 Å². The number of aliphatic hydroxyl groups is 2. The SMILES string of the molecule is CS(=O)(=O)N(Cc1cccc(Cl)c1Cl)c1ccc(C(=O)N(CCO)CCO)cc1. The number of carbonyl (C=O) groups is 1. The molecule has 10 heteroatoms. The largest absolute Gasteiger partial charge is 0.395 e. The van der Waals surface area contributed by atoms with E-state index in [4.69, 9.17) is 33.4 Å². The fraction of sp³-hybridized carbons (Fsp3) is 0.316. The third kappa shape index (κ3) is 6.07. The zero-order valence-corrected chi connectivity index (χ0v) is 18.1. The van der Waals surface area contributed by atoms with Gasteiger partial charge < -0.3 is 15.1 Å². The molecule has 0 radical (unpaired) electrons. The summed E-state index contributed by atoms with van der Waals surface area (Å²) in [6, 6.07) is 11.0. The highest BCUT2D eigenvalue weighted by Gasteiger charge is 2.21. The van der Waals surface area contributed by atoms with Crippen molar-refractivity contribution < 1.29 is 23.4 Å².